The van der Waals surface area contributed by atoms with E-state index in [4.69, 9.17) is 16.3 Å². The van der Waals surface area contributed by atoms with Gasteiger partial charge >= 0.3 is 0 Å². The topological polar surface area (TPSA) is 26.3 Å². The molecule has 0 heterocycles. The first kappa shape index (κ1) is 15.2. The number of methoxy groups -OCH3 is 1. The Labute approximate surface area is 131 Å². The fourth-order valence-corrected chi connectivity index (χ4v) is 2.42. The molecule has 1 unspecified atom stereocenters. The third-order valence-electron chi connectivity index (χ3n) is 3.04. The van der Waals surface area contributed by atoms with Gasteiger partial charge in [0.2, 0.25) is 0 Å². The van der Waals surface area contributed by atoms with Gasteiger partial charge in [0.15, 0.2) is 5.78 Å². The van der Waals surface area contributed by atoms with Crippen molar-refractivity contribution in [3.8, 4) is 0 Å². The van der Waals surface area contributed by atoms with Gasteiger partial charge in [-0.1, -0.05) is 51.8 Å². The largest absolute Gasteiger partial charge is 0.376 e. The van der Waals surface area contributed by atoms with Gasteiger partial charge in [0, 0.05) is 28.6 Å². The summed E-state index contributed by atoms with van der Waals surface area (Å²) in [4.78, 5) is 12.3. The quantitative estimate of drug-likeness (QED) is 0.702. The van der Waals surface area contributed by atoms with E-state index < -0.39 is 0 Å². The summed E-state index contributed by atoms with van der Waals surface area (Å²) in [6.07, 6.45) is 0.0351. The number of benzene rings is 2. The highest BCUT2D eigenvalue weighted by atomic mass is 79.9. The lowest BCUT2D eigenvalue weighted by atomic mass is 10.00. The Morgan fingerprint density at radius 2 is 1.95 bits per heavy atom. The average Bonchev–Trinajstić information content (AvgIpc) is 2.45. The third kappa shape index (κ3) is 3.92. The second-order valence-corrected chi connectivity index (χ2v) is 5.77. The van der Waals surface area contributed by atoms with Crippen molar-refractivity contribution in [3.05, 3.63) is 69.2 Å². The molecule has 0 spiro atoms. The minimum Gasteiger partial charge on any atom is -0.376 e. The maximum Gasteiger partial charge on any atom is 0.165 e. The average molecular weight is 354 g/mol. The van der Waals surface area contributed by atoms with Gasteiger partial charge in [-0.2, -0.15) is 0 Å². The Morgan fingerprint density at radius 3 is 2.55 bits per heavy atom. The molecule has 2 aromatic carbocycles. The fraction of sp³-hybridized carbons (Fsp3) is 0.188. The zero-order chi connectivity index (χ0) is 14.5. The van der Waals surface area contributed by atoms with Gasteiger partial charge in [0.25, 0.3) is 0 Å². The molecular weight excluding hydrogens is 340 g/mol. The smallest absolute Gasteiger partial charge is 0.165 e. The van der Waals surface area contributed by atoms with Crippen LogP contribution in [0, 0.1) is 0 Å². The Bertz CT molecular complexity index is 596. The number of hydrogen-bond acceptors (Lipinski definition) is 2. The molecule has 4 heteroatoms. The lowest BCUT2D eigenvalue weighted by molar-refractivity contribution is 0.0730. The molecule has 0 aliphatic heterocycles. The van der Waals surface area contributed by atoms with E-state index in [0.29, 0.717) is 17.0 Å². The molecule has 0 aliphatic carbocycles. The van der Waals surface area contributed by atoms with Gasteiger partial charge in [-0.25, -0.2) is 0 Å². The van der Waals surface area contributed by atoms with Crippen LogP contribution in [0.4, 0.5) is 0 Å². The van der Waals surface area contributed by atoms with Crippen LogP contribution in [0.25, 0.3) is 0 Å². The second-order valence-electron chi connectivity index (χ2n) is 4.41. The van der Waals surface area contributed by atoms with E-state index in [9.17, 15) is 4.79 Å². The molecule has 2 nitrogen and oxygen atoms in total. The SMILES string of the molecule is COC(CC(=O)c1cccc(Cl)c1)c1ccc(Br)cc1. The first-order valence-corrected chi connectivity index (χ1v) is 7.34. The Hall–Kier alpha value is -1.16. The normalized spacial score (nSPS) is 12.2. The van der Waals surface area contributed by atoms with Crippen LogP contribution in [0.2, 0.25) is 5.02 Å². The molecule has 0 aliphatic rings. The number of ether oxygens (including phenoxy) is 1. The molecule has 0 amide bonds. The number of halogens is 2. The minimum absolute atomic E-state index is 0.0160. The van der Waals surface area contributed by atoms with Crippen molar-refractivity contribution in [2.75, 3.05) is 7.11 Å². The predicted molar refractivity (Wildman–Crippen MR) is 84.3 cm³/mol. The molecule has 0 bridgehead atoms. The molecule has 0 aromatic heterocycles. The molecule has 0 radical (unpaired) electrons. The van der Waals surface area contributed by atoms with E-state index in [0.717, 1.165) is 10.0 Å². The van der Waals surface area contributed by atoms with Crippen molar-refractivity contribution in [2.24, 2.45) is 0 Å². The number of rotatable bonds is 5. The first-order chi connectivity index (χ1) is 9.60. The van der Waals surface area contributed by atoms with Crippen LogP contribution in [-0.4, -0.2) is 12.9 Å². The van der Waals surface area contributed by atoms with Crippen LogP contribution in [0.1, 0.15) is 28.4 Å². The number of hydrogen-bond donors (Lipinski definition) is 0. The van der Waals surface area contributed by atoms with E-state index in [1.807, 2.05) is 24.3 Å². The highest BCUT2D eigenvalue weighted by Crippen LogP contribution is 2.24. The summed E-state index contributed by atoms with van der Waals surface area (Å²) in [5.74, 6) is 0.0160. The van der Waals surface area contributed by atoms with E-state index in [1.165, 1.54) is 0 Å². The number of carbonyl (C=O) groups excluding carboxylic acids is 1. The van der Waals surface area contributed by atoms with E-state index in [1.54, 1.807) is 31.4 Å². The number of carbonyl (C=O) groups is 1. The second kappa shape index (κ2) is 7.02. The summed E-state index contributed by atoms with van der Waals surface area (Å²) in [7, 11) is 1.61. The van der Waals surface area contributed by atoms with Crippen molar-refractivity contribution in [1.29, 1.82) is 0 Å². The Balaban J connectivity index is 2.14. The summed E-state index contributed by atoms with van der Waals surface area (Å²) in [5, 5.41) is 0.563. The maximum absolute atomic E-state index is 12.3. The Kier molecular flexibility index (Phi) is 5.35. The van der Waals surface area contributed by atoms with Gasteiger partial charge in [-0.05, 0) is 29.8 Å². The summed E-state index contributed by atoms with van der Waals surface area (Å²) >= 11 is 9.29. The monoisotopic (exact) mass is 352 g/mol. The minimum atomic E-state index is -0.255. The third-order valence-corrected chi connectivity index (χ3v) is 3.81. The van der Waals surface area contributed by atoms with E-state index in [2.05, 4.69) is 15.9 Å². The molecule has 2 aromatic rings. The molecule has 20 heavy (non-hydrogen) atoms. The van der Waals surface area contributed by atoms with Crippen molar-refractivity contribution in [1.82, 2.24) is 0 Å². The molecule has 0 fully saturated rings. The molecule has 0 saturated heterocycles. The lowest BCUT2D eigenvalue weighted by Gasteiger charge is -2.15. The molecular formula is C16H14BrClO2. The van der Waals surface area contributed by atoms with Gasteiger partial charge in [0.1, 0.15) is 0 Å². The zero-order valence-electron chi connectivity index (χ0n) is 11.0. The summed E-state index contributed by atoms with van der Waals surface area (Å²) in [6.45, 7) is 0. The standard InChI is InChI=1S/C16H14BrClO2/c1-20-16(11-5-7-13(17)8-6-11)10-15(19)12-3-2-4-14(18)9-12/h2-9,16H,10H2,1H3. The molecule has 0 saturated carbocycles. The van der Waals surface area contributed by atoms with Gasteiger partial charge in [-0.3, -0.25) is 4.79 Å². The van der Waals surface area contributed by atoms with E-state index in [-0.39, 0.29) is 11.9 Å². The van der Waals surface area contributed by atoms with Crippen LogP contribution >= 0.6 is 27.5 Å². The van der Waals surface area contributed by atoms with Gasteiger partial charge < -0.3 is 4.74 Å². The van der Waals surface area contributed by atoms with Crippen LogP contribution in [-0.2, 0) is 4.74 Å². The summed E-state index contributed by atoms with van der Waals surface area (Å²) in [5.41, 5.74) is 1.59. The summed E-state index contributed by atoms with van der Waals surface area (Å²) in [6, 6.07) is 14.7. The first-order valence-electron chi connectivity index (χ1n) is 6.17. The van der Waals surface area contributed by atoms with Crippen LogP contribution in [0.3, 0.4) is 0 Å². The Morgan fingerprint density at radius 1 is 1.25 bits per heavy atom. The van der Waals surface area contributed by atoms with Crippen LogP contribution < -0.4 is 0 Å². The van der Waals surface area contributed by atoms with Crippen LogP contribution in [0.15, 0.2) is 53.0 Å². The highest BCUT2D eigenvalue weighted by molar-refractivity contribution is 9.10. The van der Waals surface area contributed by atoms with Gasteiger partial charge in [0.05, 0.1) is 6.10 Å². The van der Waals surface area contributed by atoms with Crippen molar-refractivity contribution in [3.63, 3.8) is 0 Å². The number of Topliss-reactive ketones (excluding diaryl/α,β-unsaturated/α-hetero) is 1. The fourth-order valence-electron chi connectivity index (χ4n) is 1.96. The molecule has 1 atom stereocenters. The summed E-state index contributed by atoms with van der Waals surface area (Å²) < 4.78 is 6.43. The number of ketones is 1. The molecule has 0 N–H and O–H groups in total. The van der Waals surface area contributed by atoms with Crippen LogP contribution in [0.5, 0.6) is 0 Å². The van der Waals surface area contributed by atoms with Gasteiger partial charge in [-0.15, -0.1) is 0 Å². The van der Waals surface area contributed by atoms with Crippen molar-refractivity contribution in [2.45, 2.75) is 12.5 Å². The molecule has 104 valence electrons. The van der Waals surface area contributed by atoms with Crippen molar-refractivity contribution < 1.29 is 9.53 Å². The lowest BCUT2D eigenvalue weighted by Crippen LogP contribution is -2.09. The zero-order valence-corrected chi connectivity index (χ0v) is 13.3. The van der Waals surface area contributed by atoms with Crippen molar-refractivity contribution >= 4 is 33.3 Å². The highest BCUT2D eigenvalue weighted by Gasteiger charge is 2.16. The predicted octanol–water partition coefficient (Wildman–Crippen LogP) is 5.06. The van der Waals surface area contributed by atoms with E-state index >= 15 is 0 Å². The maximum atomic E-state index is 12.3. The molecule has 2 rings (SSSR count).